The topological polar surface area (TPSA) is 18.5 Å². The zero-order valence-electron chi connectivity index (χ0n) is 8.01. The first-order chi connectivity index (χ1) is 5.83. The van der Waals surface area contributed by atoms with Crippen molar-refractivity contribution in [2.75, 3.05) is 6.61 Å². The van der Waals surface area contributed by atoms with Gasteiger partial charge in [0.25, 0.3) is 0 Å². The third kappa shape index (κ3) is 3.81. The monoisotopic (exact) mass is 218 g/mol. The molecule has 0 aromatic heterocycles. The van der Waals surface area contributed by atoms with Crippen molar-refractivity contribution in [3.8, 4) is 0 Å². The Morgan fingerprint density at radius 3 is 3.17 bits per heavy atom. The van der Waals surface area contributed by atoms with Crippen LogP contribution < -0.4 is 0 Å². The number of hydrogen-bond acceptors (Lipinski definition) is 2. The Morgan fingerprint density at radius 1 is 1.75 bits per heavy atom. The normalized spacial score (nSPS) is 28.8. The third-order valence-electron chi connectivity index (χ3n) is 2.16. The number of allylic oxidation sites excluding steroid dienone is 2. The lowest BCUT2D eigenvalue weighted by Crippen LogP contribution is -2.34. The molecule has 0 bridgehead atoms. The van der Waals surface area contributed by atoms with Gasteiger partial charge in [0.15, 0.2) is 27.6 Å². The average Bonchev–Trinajstić information content (AvgIpc) is 2.16. The Labute approximate surface area is 80.7 Å². The molecular weight excluding hydrogens is 200 g/mol. The molecule has 0 saturated carbocycles. The van der Waals surface area contributed by atoms with Crippen molar-refractivity contribution >= 4 is 27.6 Å². The molecular formula is C7H18O2Si3. The van der Waals surface area contributed by atoms with Gasteiger partial charge in [0.1, 0.15) is 0 Å². The SMILES string of the molecule is CC=C(C)[SiH2]O[SiH]1CCCO[SiH2]1. The molecule has 1 unspecified atom stereocenters. The van der Waals surface area contributed by atoms with E-state index in [1.807, 2.05) is 0 Å². The lowest BCUT2D eigenvalue weighted by molar-refractivity contribution is 0.328. The summed E-state index contributed by atoms with van der Waals surface area (Å²) in [6, 6.07) is 1.39. The van der Waals surface area contributed by atoms with Crippen molar-refractivity contribution in [1.29, 1.82) is 0 Å². The molecule has 1 heterocycles. The summed E-state index contributed by atoms with van der Waals surface area (Å²) in [5, 5.41) is 1.49. The minimum atomic E-state index is -0.759. The zero-order valence-corrected chi connectivity index (χ0v) is 12.0. The third-order valence-corrected chi connectivity index (χ3v) is 12.7. The van der Waals surface area contributed by atoms with Gasteiger partial charge in [0.2, 0.25) is 0 Å². The smallest absolute Gasteiger partial charge is 0.177 e. The van der Waals surface area contributed by atoms with Crippen LogP contribution in [-0.4, -0.2) is 34.2 Å². The molecule has 1 fully saturated rings. The van der Waals surface area contributed by atoms with Crippen LogP contribution in [-0.2, 0) is 8.54 Å². The molecule has 1 saturated heterocycles. The second kappa shape index (κ2) is 5.87. The van der Waals surface area contributed by atoms with Crippen LogP contribution in [0.2, 0.25) is 6.04 Å². The first-order valence-corrected chi connectivity index (χ1v) is 11.1. The Morgan fingerprint density at radius 2 is 2.58 bits per heavy atom. The van der Waals surface area contributed by atoms with Crippen molar-refractivity contribution in [2.45, 2.75) is 26.3 Å². The van der Waals surface area contributed by atoms with Crippen molar-refractivity contribution in [3.05, 3.63) is 11.3 Å². The van der Waals surface area contributed by atoms with Crippen molar-refractivity contribution in [3.63, 3.8) is 0 Å². The standard InChI is InChI=1S/C7H18O2Si3/c1-3-7(2)10-9-12-6-4-5-8-11-12/h3,12H,4-6,10-11H2,1-2H3. The van der Waals surface area contributed by atoms with Gasteiger partial charge in [-0.1, -0.05) is 11.3 Å². The highest BCUT2D eigenvalue weighted by molar-refractivity contribution is 7.07. The molecule has 0 aliphatic carbocycles. The quantitative estimate of drug-likeness (QED) is 0.608. The Hall–Kier alpha value is 0.311. The van der Waals surface area contributed by atoms with Crippen LogP contribution in [0.5, 0.6) is 0 Å². The summed E-state index contributed by atoms with van der Waals surface area (Å²) < 4.78 is 11.5. The average molecular weight is 218 g/mol. The highest BCUT2D eigenvalue weighted by Crippen LogP contribution is 2.05. The summed E-state index contributed by atoms with van der Waals surface area (Å²) in [5.74, 6) is 0. The van der Waals surface area contributed by atoms with E-state index in [1.54, 1.807) is 0 Å². The van der Waals surface area contributed by atoms with Crippen molar-refractivity contribution < 1.29 is 8.54 Å². The lowest BCUT2D eigenvalue weighted by atomic mass is 10.5. The fraction of sp³-hybridized carbons (Fsp3) is 0.714. The van der Waals surface area contributed by atoms with Crippen LogP contribution in [0.1, 0.15) is 20.3 Å². The molecule has 0 aromatic rings. The predicted octanol–water partition coefficient (Wildman–Crippen LogP) is -0.265. The summed E-state index contributed by atoms with van der Waals surface area (Å²) >= 11 is 0. The minimum absolute atomic E-state index is 0.204. The molecule has 0 N–H and O–H groups in total. The highest BCUT2D eigenvalue weighted by atomic mass is 29.2. The molecule has 2 nitrogen and oxygen atoms in total. The van der Waals surface area contributed by atoms with E-state index in [2.05, 4.69) is 19.9 Å². The van der Waals surface area contributed by atoms with Gasteiger partial charge in [0, 0.05) is 6.61 Å². The summed E-state index contributed by atoms with van der Waals surface area (Å²) in [4.78, 5) is 0. The lowest BCUT2D eigenvalue weighted by Gasteiger charge is -2.20. The second-order valence-corrected chi connectivity index (χ2v) is 12.3. The minimum Gasteiger partial charge on any atom is -0.460 e. The largest absolute Gasteiger partial charge is 0.460 e. The molecule has 1 atom stereocenters. The van der Waals surface area contributed by atoms with Crippen molar-refractivity contribution in [1.82, 2.24) is 0 Å². The van der Waals surface area contributed by atoms with Crippen LogP contribution in [0.15, 0.2) is 11.3 Å². The van der Waals surface area contributed by atoms with Crippen LogP contribution in [0.3, 0.4) is 0 Å². The van der Waals surface area contributed by atoms with E-state index in [0.29, 0.717) is 0 Å². The molecule has 1 rings (SSSR count). The van der Waals surface area contributed by atoms with E-state index in [0.717, 1.165) is 6.61 Å². The summed E-state index contributed by atoms with van der Waals surface area (Å²) in [6.45, 7) is 5.30. The fourth-order valence-corrected chi connectivity index (χ4v) is 10.4. The molecule has 0 aromatic carbocycles. The second-order valence-electron chi connectivity index (χ2n) is 3.29. The number of hydrogen-bond donors (Lipinski definition) is 0. The summed E-state index contributed by atoms with van der Waals surface area (Å²) in [6.07, 6.45) is 3.44. The van der Waals surface area contributed by atoms with Gasteiger partial charge in [-0.2, -0.15) is 0 Å². The summed E-state index contributed by atoms with van der Waals surface area (Å²) in [5.41, 5.74) is 0. The molecule has 5 heteroatoms. The summed E-state index contributed by atoms with van der Waals surface area (Å²) in [7, 11) is -1.29. The Kier molecular flexibility index (Phi) is 5.08. The van der Waals surface area contributed by atoms with Crippen LogP contribution >= 0.6 is 0 Å². The zero-order chi connectivity index (χ0) is 8.81. The van der Waals surface area contributed by atoms with Gasteiger partial charge < -0.3 is 8.54 Å². The Balaban J connectivity index is 2.13. The maximum Gasteiger partial charge on any atom is 0.177 e. The molecule has 0 spiro atoms. The molecule has 1 aliphatic rings. The van der Waals surface area contributed by atoms with E-state index in [4.69, 9.17) is 8.54 Å². The van der Waals surface area contributed by atoms with E-state index in [9.17, 15) is 0 Å². The van der Waals surface area contributed by atoms with E-state index >= 15 is 0 Å². The molecule has 12 heavy (non-hydrogen) atoms. The van der Waals surface area contributed by atoms with E-state index < -0.39 is 8.56 Å². The first kappa shape index (κ1) is 10.4. The molecule has 1 aliphatic heterocycles. The molecule has 70 valence electrons. The van der Waals surface area contributed by atoms with Gasteiger partial charge in [-0.05, 0) is 26.3 Å². The van der Waals surface area contributed by atoms with Gasteiger partial charge in [-0.3, -0.25) is 0 Å². The van der Waals surface area contributed by atoms with E-state index in [-0.39, 0.29) is 19.0 Å². The predicted molar refractivity (Wildman–Crippen MR) is 60.1 cm³/mol. The van der Waals surface area contributed by atoms with Gasteiger partial charge in [-0.15, -0.1) is 0 Å². The van der Waals surface area contributed by atoms with Gasteiger partial charge in [0.05, 0.1) is 0 Å². The molecule has 0 radical (unpaired) electrons. The van der Waals surface area contributed by atoms with Crippen molar-refractivity contribution in [2.24, 2.45) is 0 Å². The van der Waals surface area contributed by atoms with Crippen LogP contribution in [0, 0.1) is 0 Å². The maximum atomic E-state index is 5.98. The Bertz CT molecular complexity index is 155. The maximum absolute atomic E-state index is 5.98. The van der Waals surface area contributed by atoms with Crippen LogP contribution in [0.4, 0.5) is 0 Å². The highest BCUT2D eigenvalue weighted by Gasteiger charge is 2.16. The van der Waals surface area contributed by atoms with Gasteiger partial charge in [-0.25, -0.2) is 0 Å². The van der Waals surface area contributed by atoms with E-state index in [1.165, 1.54) is 17.7 Å². The molecule has 0 amide bonds. The first-order valence-electron chi connectivity index (χ1n) is 4.64. The fourth-order valence-electron chi connectivity index (χ4n) is 1.18. The van der Waals surface area contributed by atoms with Gasteiger partial charge >= 0.3 is 0 Å². The van der Waals surface area contributed by atoms with Crippen LogP contribution in [0.25, 0.3) is 0 Å². The number of rotatable bonds is 3.